The normalized spacial score (nSPS) is 11.9. The van der Waals surface area contributed by atoms with Crippen LogP contribution in [0.1, 0.15) is 0 Å². The molecule has 0 bridgehead atoms. The molecule has 56 heavy (non-hydrogen) atoms. The third-order valence-corrected chi connectivity index (χ3v) is 11.1. The summed E-state index contributed by atoms with van der Waals surface area (Å²) in [4.78, 5) is 15.7. The average Bonchev–Trinajstić information content (AvgIpc) is 3.78. The zero-order chi connectivity index (χ0) is 36.7. The van der Waals surface area contributed by atoms with E-state index >= 15 is 0 Å². The first-order valence-electron chi connectivity index (χ1n) is 18.8. The van der Waals surface area contributed by atoms with Crippen molar-refractivity contribution in [2.75, 3.05) is 0 Å². The number of furan rings is 1. The van der Waals surface area contributed by atoms with Gasteiger partial charge in [0.25, 0.3) is 0 Å². The molecule has 0 aliphatic rings. The van der Waals surface area contributed by atoms with Crippen molar-refractivity contribution in [1.82, 2.24) is 19.5 Å². The van der Waals surface area contributed by atoms with Gasteiger partial charge in [0.15, 0.2) is 17.5 Å². The van der Waals surface area contributed by atoms with Gasteiger partial charge < -0.3 is 8.98 Å². The Morgan fingerprint density at radius 2 is 0.946 bits per heavy atom. The molecule has 0 aliphatic carbocycles. The van der Waals surface area contributed by atoms with E-state index in [1.165, 1.54) is 26.9 Å². The summed E-state index contributed by atoms with van der Waals surface area (Å²) in [6, 6.07) is 64.0. The Hall–Kier alpha value is -7.63. The van der Waals surface area contributed by atoms with Crippen LogP contribution in [0.25, 0.3) is 116 Å². The lowest BCUT2D eigenvalue weighted by Crippen LogP contribution is -2.01. The van der Waals surface area contributed by atoms with Crippen LogP contribution in [0.15, 0.2) is 186 Å². The predicted octanol–water partition coefficient (Wildman–Crippen LogP) is 13.3. The summed E-state index contributed by atoms with van der Waals surface area (Å²) in [5.41, 5.74) is 7.50. The molecule has 0 fully saturated rings. The highest BCUT2D eigenvalue weighted by Gasteiger charge is 2.22. The van der Waals surface area contributed by atoms with Gasteiger partial charge in [0.05, 0.1) is 16.7 Å². The first-order chi connectivity index (χ1) is 27.7. The Labute approximate surface area is 320 Å². The molecule has 12 aromatic rings. The van der Waals surface area contributed by atoms with E-state index in [9.17, 15) is 0 Å². The summed E-state index contributed by atoms with van der Waals surface area (Å²) in [7, 11) is 0. The van der Waals surface area contributed by atoms with Crippen molar-refractivity contribution in [2.45, 2.75) is 0 Å². The van der Waals surface area contributed by atoms with E-state index in [-0.39, 0.29) is 0 Å². The molecule has 5 heteroatoms. The second-order valence-corrected chi connectivity index (χ2v) is 14.5. The highest BCUT2D eigenvalue weighted by atomic mass is 16.3. The van der Waals surface area contributed by atoms with E-state index in [2.05, 4.69) is 168 Å². The molecule has 0 N–H and O–H groups in total. The Morgan fingerprint density at radius 1 is 0.357 bits per heavy atom. The van der Waals surface area contributed by atoms with Gasteiger partial charge >= 0.3 is 0 Å². The Balaban J connectivity index is 1.20. The van der Waals surface area contributed by atoms with Gasteiger partial charge in [-0.25, -0.2) is 15.0 Å². The zero-order valence-electron chi connectivity index (χ0n) is 30.0. The Morgan fingerprint density at radius 3 is 1.71 bits per heavy atom. The summed E-state index contributed by atoms with van der Waals surface area (Å²) in [5.74, 6) is 1.80. The van der Waals surface area contributed by atoms with Crippen LogP contribution >= 0.6 is 0 Å². The molecule has 0 amide bonds. The second-order valence-electron chi connectivity index (χ2n) is 14.5. The lowest BCUT2D eigenvalue weighted by atomic mass is 10.0. The molecule has 0 atom stereocenters. The van der Waals surface area contributed by atoms with Crippen LogP contribution in [0.4, 0.5) is 0 Å². The number of aromatic nitrogens is 4. The molecule has 5 nitrogen and oxygen atoms in total. The van der Waals surface area contributed by atoms with Crippen LogP contribution in [0.3, 0.4) is 0 Å². The lowest BCUT2D eigenvalue weighted by Gasteiger charge is -2.13. The number of hydrogen-bond acceptors (Lipinski definition) is 4. The summed E-state index contributed by atoms with van der Waals surface area (Å²) in [6.07, 6.45) is 0. The fourth-order valence-electron chi connectivity index (χ4n) is 8.49. The first-order valence-corrected chi connectivity index (χ1v) is 18.8. The molecule has 0 saturated carbocycles. The largest absolute Gasteiger partial charge is 0.456 e. The molecule has 0 unspecified atom stereocenters. The molecule has 3 heterocycles. The maximum Gasteiger partial charge on any atom is 0.164 e. The number of rotatable bonds is 4. The van der Waals surface area contributed by atoms with Crippen molar-refractivity contribution in [3.63, 3.8) is 0 Å². The fourth-order valence-corrected chi connectivity index (χ4v) is 8.49. The van der Waals surface area contributed by atoms with Crippen LogP contribution in [-0.4, -0.2) is 19.5 Å². The van der Waals surface area contributed by atoms with Crippen LogP contribution in [0, 0.1) is 0 Å². The van der Waals surface area contributed by atoms with Crippen LogP contribution < -0.4 is 0 Å². The van der Waals surface area contributed by atoms with Gasteiger partial charge in [0, 0.05) is 44.3 Å². The van der Waals surface area contributed by atoms with E-state index in [0.29, 0.717) is 17.5 Å². The zero-order valence-corrected chi connectivity index (χ0v) is 30.0. The highest BCUT2D eigenvalue weighted by molar-refractivity contribution is 6.17. The number of hydrogen-bond donors (Lipinski definition) is 0. The molecule has 9 aromatic carbocycles. The average molecular weight is 715 g/mol. The van der Waals surface area contributed by atoms with Gasteiger partial charge in [0.1, 0.15) is 11.2 Å². The summed E-state index contributed by atoms with van der Waals surface area (Å²) in [6.45, 7) is 0. The van der Waals surface area contributed by atoms with Crippen LogP contribution in [0.2, 0.25) is 0 Å². The molecular weight excluding hydrogens is 685 g/mol. The summed E-state index contributed by atoms with van der Waals surface area (Å²) >= 11 is 0. The minimum absolute atomic E-state index is 0.580. The second kappa shape index (κ2) is 11.9. The molecule has 3 aromatic heterocycles. The molecular formula is C51H30N4O. The topological polar surface area (TPSA) is 56.7 Å². The van der Waals surface area contributed by atoms with E-state index in [0.717, 1.165) is 71.5 Å². The monoisotopic (exact) mass is 714 g/mol. The van der Waals surface area contributed by atoms with E-state index in [1.807, 2.05) is 18.2 Å². The third-order valence-electron chi connectivity index (χ3n) is 11.1. The molecule has 0 saturated heterocycles. The Kier molecular flexibility index (Phi) is 6.56. The van der Waals surface area contributed by atoms with Crippen LogP contribution in [-0.2, 0) is 0 Å². The standard InChI is InChI=1S/C51H30N4O/c1-2-13-32(14-3-1)49-52-50(38-23-22-31-12-4-5-15-33(31)24-38)54-51(53-49)43-29-39(30-47-48(43)42-26-35-17-7-9-19-37(35)28-46(42)56-47)55-44-21-11-10-20-40(44)41-25-34-16-6-8-18-36(34)27-45(41)55/h1-30H. The number of nitrogens with zero attached hydrogens (tertiary/aromatic N) is 4. The van der Waals surface area contributed by atoms with Crippen molar-refractivity contribution >= 4 is 76.1 Å². The van der Waals surface area contributed by atoms with Gasteiger partial charge in [0.2, 0.25) is 0 Å². The quantitative estimate of drug-likeness (QED) is 0.182. The van der Waals surface area contributed by atoms with Crippen molar-refractivity contribution < 1.29 is 4.42 Å². The van der Waals surface area contributed by atoms with Crippen molar-refractivity contribution in [3.8, 4) is 39.9 Å². The van der Waals surface area contributed by atoms with Crippen molar-refractivity contribution in [2.24, 2.45) is 0 Å². The number of para-hydroxylation sites is 1. The molecule has 12 rings (SSSR count). The molecule has 0 aliphatic heterocycles. The minimum Gasteiger partial charge on any atom is -0.456 e. The number of fused-ring (bicyclic) bond motifs is 9. The van der Waals surface area contributed by atoms with Gasteiger partial charge in [-0.1, -0.05) is 133 Å². The Bertz CT molecular complexity index is 3540. The van der Waals surface area contributed by atoms with Crippen LogP contribution in [0.5, 0.6) is 0 Å². The van der Waals surface area contributed by atoms with Gasteiger partial charge in [-0.3, -0.25) is 0 Å². The van der Waals surface area contributed by atoms with E-state index in [4.69, 9.17) is 19.4 Å². The van der Waals surface area contributed by atoms with E-state index < -0.39 is 0 Å². The summed E-state index contributed by atoms with van der Waals surface area (Å²) in [5, 5.41) is 11.3. The molecule has 0 radical (unpaired) electrons. The predicted molar refractivity (Wildman–Crippen MR) is 230 cm³/mol. The molecule has 0 spiro atoms. The van der Waals surface area contributed by atoms with E-state index in [1.54, 1.807) is 0 Å². The number of benzene rings is 9. The SMILES string of the molecule is c1ccc(-c2nc(-c3ccc4ccccc4c3)nc(-c3cc(-n4c5ccccc5c5cc6ccccc6cc54)cc4oc5cc6ccccc6cc5c34)n2)cc1. The lowest BCUT2D eigenvalue weighted by molar-refractivity contribution is 0.669. The van der Waals surface area contributed by atoms with Gasteiger partial charge in [-0.2, -0.15) is 0 Å². The summed E-state index contributed by atoms with van der Waals surface area (Å²) < 4.78 is 9.20. The first kappa shape index (κ1) is 30.8. The fraction of sp³-hybridized carbons (Fsp3) is 0. The highest BCUT2D eigenvalue weighted by Crippen LogP contribution is 2.42. The smallest absolute Gasteiger partial charge is 0.164 e. The van der Waals surface area contributed by atoms with Gasteiger partial charge in [-0.15, -0.1) is 0 Å². The minimum atomic E-state index is 0.580. The molecule has 260 valence electrons. The van der Waals surface area contributed by atoms with Crippen molar-refractivity contribution in [1.29, 1.82) is 0 Å². The van der Waals surface area contributed by atoms with Crippen molar-refractivity contribution in [3.05, 3.63) is 182 Å². The van der Waals surface area contributed by atoms with Gasteiger partial charge in [-0.05, 0) is 74.8 Å². The third kappa shape index (κ3) is 4.78. The maximum atomic E-state index is 6.85. The maximum absolute atomic E-state index is 6.85.